The van der Waals surface area contributed by atoms with E-state index >= 15 is 0 Å². The second-order valence-electron chi connectivity index (χ2n) is 7.26. The first kappa shape index (κ1) is 17.8. The van der Waals surface area contributed by atoms with E-state index in [2.05, 4.69) is 15.5 Å². The van der Waals surface area contributed by atoms with Crippen LogP contribution in [0, 0.1) is 11.8 Å². The van der Waals surface area contributed by atoms with Crippen molar-refractivity contribution >= 4 is 11.8 Å². The SMILES string of the molecule is CC(C)c1noc([C@H](NC(=O)[C@H]2CC(=O)N(C)C2)C2CCOCC2)n1. The Balaban J connectivity index is 1.76. The molecule has 2 amide bonds. The fraction of sp³-hybridized carbons (Fsp3) is 0.765. The highest BCUT2D eigenvalue weighted by atomic mass is 16.5. The Morgan fingerprint density at radius 1 is 1.32 bits per heavy atom. The topological polar surface area (TPSA) is 97.6 Å². The number of ether oxygens (including phenoxy) is 1. The van der Waals surface area contributed by atoms with Crippen molar-refractivity contribution < 1.29 is 18.8 Å². The van der Waals surface area contributed by atoms with E-state index in [1.165, 1.54) is 0 Å². The van der Waals surface area contributed by atoms with Crippen molar-refractivity contribution in [2.75, 3.05) is 26.8 Å². The summed E-state index contributed by atoms with van der Waals surface area (Å²) in [5.41, 5.74) is 0. The second kappa shape index (κ2) is 7.51. The van der Waals surface area contributed by atoms with Crippen LogP contribution in [0.4, 0.5) is 0 Å². The third kappa shape index (κ3) is 4.00. The summed E-state index contributed by atoms with van der Waals surface area (Å²) < 4.78 is 10.9. The fourth-order valence-corrected chi connectivity index (χ4v) is 3.35. The standard InChI is InChI=1S/C17H26N4O4/c1-10(2)15-19-17(25-20-15)14(11-4-6-24-7-5-11)18-16(23)12-8-13(22)21(3)9-12/h10-12,14H,4-9H2,1-3H3,(H,18,23)/t12-,14+/m0/s1. The number of hydrogen-bond donors (Lipinski definition) is 1. The van der Waals surface area contributed by atoms with Gasteiger partial charge in [0.2, 0.25) is 17.7 Å². The molecule has 1 aromatic rings. The molecule has 0 saturated carbocycles. The van der Waals surface area contributed by atoms with Gasteiger partial charge in [-0.25, -0.2) is 0 Å². The molecule has 0 unspecified atom stereocenters. The van der Waals surface area contributed by atoms with Crippen LogP contribution in [0.2, 0.25) is 0 Å². The highest BCUT2D eigenvalue weighted by Gasteiger charge is 2.37. The second-order valence-corrected chi connectivity index (χ2v) is 7.26. The first-order valence-electron chi connectivity index (χ1n) is 8.91. The summed E-state index contributed by atoms with van der Waals surface area (Å²) in [6.07, 6.45) is 1.91. The van der Waals surface area contributed by atoms with Gasteiger partial charge in [0.1, 0.15) is 6.04 Å². The third-order valence-corrected chi connectivity index (χ3v) is 4.99. The zero-order chi connectivity index (χ0) is 18.0. The van der Waals surface area contributed by atoms with E-state index in [1.807, 2.05) is 13.8 Å². The molecule has 1 N–H and O–H groups in total. The van der Waals surface area contributed by atoms with Gasteiger partial charge in [0, 0.05) is 39.1 Å². The van der Waals surface area contributed by atoms with Gasteiger partial charge in [-0.15, -0.1) is 0 Å². The Morgan fingerprint density at radius 2 is 2.04 bits per heavy atom. The highest BCUT2D eigenvalue weighted by Crippen LogP contribution is 2.31. The molecule has 3 rings (SSSR count). The van der Waals surface area contributed by atoms with Gasteiger partial charge in [0.05, 0.1) is 5.92 Å². The molecular weight excluding hydrogens is 324 g/mol. The lowest BCUT2D eigenvalue weighted by atomic mass is 9.91. The Bertz CT molecular complexity index is 624. The summed E-state index contributed by atoms with van der Waals surface area (Å²) in [5, 5.41) is 7.10. The summed E-state index contributed by atoms with van der Waals surface area (Å²) in [6.45, 7) is 5.76. The van der Waals surface area contributed by atoms with Crippen LogP contribution in [0.3, 0.4) is 0 Å². The van der Waals surface area contributed by atoms with Crippen molar-refractivity contribution in [3.63, 3.8) is 0 Å². The monoisotopic (exact) mass is 350 g/mol. The number of aromatic nitrogens is 2. The molecule has 0 bridgehead atoms. The molecule has 25 heavy (non-hydrogen) atoms. The Morgan fingerprint density at radius 3 is 2.60 bits per heavy atom. The van der Waals surface area contributed by atoms with Crippen molar-refractivity contribution in [1.29, 1.82) is 0 Å². The zero-order valence-corrected chi connectivity index (χ0v) is 15.0. The van der Waals surface area contributed by atoms with Crippen LogP contribution >= 0.6 is 0 Å². The van der Waals surface area contributed by atoms with Crippen LogP contribution in [0.1, 0.15) is 56.8 Å². The fourth-order valence-electron chi connectivity index (χ4n) is 3.35. The van der Waals surface area contributed by atoms with Crippen molar-refractivity contribution in [2.45, 2.75) is 45.1 Å². The first-order chi connectivity index (χ1) is 12.0. The number of amides is 2. The maximum Gasteiger partial charge on any atom is 0.249 e. The Labute approximate surface area is 147 Å². The molecule has 8 nitrogen and oxygen atoms in total. The largest absolute Gasteiger partial charge is 0.381 e. The molecule has 2 aliphatic rings. The van der Waals surface area contributed by atoms with Crippen LogP contribution in [-0.4, -0.2) is 53.7 Å². The lowest BCUT2D eigenvalue weighted by Crippen LogP contribution is -2.40. The molecule has 0 aromatic carbocycles. The predicted molar refractivity (Wildman–Crippen MR) is 88.6 cm³/mol. The van der Waals surface area contributed by atoms with Gasteiger partial charge in [0.25, 0.3) is 0 Å². The molecule has 2 saturated heterocycles. The van der Waals surface area contributed by atoms with Crippen LogP contribution in [0.5, 0.6) is 0 Å². The molecule has 0 spiro atoms. The van der Waals surface area contributed by atoms with Crippen molar-refractivity contribution in [2.24, 2.45) is 11.8 Å². The highest BCUT2D eigenvalue weighted by molar-refractivity contribution is 5.89. The van der Waals surface area contributed by atoms with Gasteiger partial charge in [-0.2, -0.15) is 4.98 Å². The number of likely N-dealkylation sites (tertiary alicyclic amines) is 1. The Hall–Kier alpha value is -1.96. The van der Waals surface area contributed by atoms with Crippen LogP contribution in [-0.2, 0) is 14.3 Å². The lowest BCUT2D eigenvalue weighted by Gasteiger charge is -2.29. The minimum atomic E-state index is -0.336. The van der Waals surface area contributed by atoms with Crippen molar-refractivity contribution in [3.05, 3.63) is 11.7 Å². The van der Waals surface area contributed by atoms with Gasteiger partial charge >= 0.3 is 0 Å². The van der Waals surface area contributed by atoms with Gasteiger partial charge in [-0.3, -0.25) is 9.59 Å². The van der Waals surface area contributed by atoms with Crippen LogP contribution < -0.4 is 5.32 Å². The molecule has 1 aromatic heterocycles. The van der Waals surface area contributed by atoms with Gasteiger partial charge in [-0.1, -0.05) is 19.0 Å². The predicted octanol–water partition coefficient (Wildman–Crippen LogP) is 1.26. The van der Waals surface area contributed by atoms with Gasteiger partial charge in [-0.05, 0) is 18.8 Å². The summed E-state index contributed by atoms with van der Waals surface area (Å²) >= 11 is 0. The summed E-state index contributed by atoms with van der Waals surface area (Å²) in [4.78, 5) is 30.5. The number of nitrogens with one attached hydrogen (secondary N) is 1. The molecule has 2 atom stereocenters. The van der Waals surface area contributed by atoms with Crippen LogP contribution in [0.15, 0.2) is 4.52 Å². The normalized spacial score (nSPS) is 23.3. The average Bonchev–Trinajstić information content (AvgIpc) is 3.21. The number of carbonyl (C=O) groups is 2. The molecule has 138 valence electrons. The van der Waals surface area contributed by atoms with E-state index in [0.717, 1.165) is 12.8 Å². The molecular formula is C17H26N4O4. The van der Waals surface area contributed by atoms with Crippen molar-refractivity contribution in [3.8, 4) is 0 Å². The van der Waals surface area contributed by atoms with Crippen LogP contribution in [0.25, 0.3) is 0 Å². The maximum atomic E-state index is 12.7. The quantitative estimate of drug-likeness (QED) is 0.858. The average molecular weight is 350 g/mol. The van der Waals surface area contributed by atoms with E-state index in [1.54, 1.807) is 11.9 Å². The minimum absolute atomic E-state index is 0.00245. The molecule has 8 heteroatoms. The number of carbonyl (C=O) groups excluding carboxylic acids is 2. The van der Waals surface area contributed by atoms with E-state index in [9.17, 15) is 9.59 Å². The van der Waals surface area contributed by atoms with E-state index < -0.39 is 0 Å². The zero-order valence-electron chi connectivity index (χ0n) is 15.0. The Kier molecular flexibility index (Phi) is 5.36. The maximum absolute atomic E-state index is 12.7. The summed E-state index contributed by atoms with van der Waals surface area (Å²) in [7, 11) is 1.72. The van der Waals surface area contributed by atoms with E-state index in [0.29, 0.717) is 31.5 Å². The van der Waals surface area contributed by atoms with Crippen molar-refractivity contribution in [1.82, 2.24) is 20.4 Å². The lowest BCUT2D eigenvalue weighted by molar-refractivity contribution is -0.129. The van der Waals surface area contributed by atoms with E-state index in [-0.39, 0.29) is 42.0 Å². The minimum Gasteiger partial charge on any atom is -0.381 e. The molecule has 2 fully saturated rings. The number of hydrogen-bond acceptors (Lipinski definition) is 6. The van der Waals surface area contributed by atoms with Gasteiger partial charge in [0.15, 0.2) is 5.82 Å². The first-order valence-corrected chi connectivity index (χ1v) is 8.91. The molecule has 2 aliphatic heterocycles. The smallest absolute Gasteiger partial charge is 0.249 e. The number of rotatable bonds is 5. The van der Waals surface area contributed by atoms with E-state index in [4.69, 9.17) is 9.26 Å². The molecule has 0 aliphatic carbocycles. The molecule has 0 radical (unpaired) electrons. The third-order valence-electron chi connectivity index (χ3n) is 4.99. The molecule has 3 heterocycles. The summed E-state index contributed by atoms with van der Waals surface area (Å²) in [6, 6.07) is -0.336. The summed E-state index contributed by atoms with van der Waals surface area (Å²) in [5.74, 6) is 0.977. The van der Waals surface area contributed by atoms with Gasteiger partial charge < -0.3 is 19.5 Å². The number of nitrogens with zero attached hydrogens (tertiary/aromatic N) is 3.